The van der Waals surface area contributed by atoms with Crippen LogP contribution < -0.4 is 10.2 Å². The molecular formula is C23H28N2O4S. The SMILES string of the molecule is O=C(NC1CCCCC1)c1c(N2C(=O)[C@@H]3[C@H](C2=O)[C@@H]2CC[C@@H]3O2)sc2c1CCCC2. The summed E-state index contributed by atoms with van der Waals surface area (Å²) in [7, 11) is 0. The van der Waals surface area contributed by atoms with E-state index in [4.69, 9.17) is 4.74 Å². The van der Waals surface area contributed by atoms with Crippen molar-refractivity contribution in [2.75, 3.05) is 4.90 Å². The van der Waals surface area contributed by atoms with Crippen LogP contribution >= 0.6 is 11.3 Å². The van der Waals surface area contributed by atoms with E-state index < -0.39 is 0 Å². The van der Waals surface area contributed by atoms with E-state index in [-0.39, 0.29) is 47.8 Å². The predicted octanol–water partition coefficient (Wildman–Crippen LogP) is 3.36. The minimum Gasteiger partial charge on any atom is -0.373 e. The molecule has 2 aliphatic carbocycles. The number of fused-ring (bicyclic) bond motifs is 6. The zero-order valence-electron chi connectivity index (χ0n) is 17.2. The van der Waals surface area contributed by atoms with Gasteiger partial charge in [0.2, 0.25) is 11.8 Å². The van der Waals surface area contributed by atoms with Crippen LogP contribution in [0, 0.1) is 11.8 Å². The molecule has 0 aromatic carbocycles. The fraction of sp³-hybridized carbons (Fsp3) is 0.696. The van der Waals surface area contributed by atoms with Crippen molar-refractivity contribution in [3.8, 4) is 0 Å². The van der Waals surface area contributed by atoms with Gasteiger partial charge in [0.1, 0.15) is 5.00 Å². The van der Waals surface area contributed by atoms with Crippen LogP contribution in [-0.2, 0) is 27.2 Å². The summed E-state index contributed by atoms with van der Waals surface area (Å²) in [5, 5.41) is 3.82. The molecule has 160 valence electrons. The largest absolute Gasteiger partial charge is 0.373 e. The molecule has 1 saturated carbocycles. The van der Waals surface area contributed by atoms with Crippen molar-refractivity contribution < 1.29 is 19.1 Å². The molecule has 1 N–H and O–H groups in total. The topological polar surface area (TPSA) is 75.7 Å². The lowest BCUT2D eigenvalue weighted by Gasteiger charge is -2.24. The standard InChI is InChI=1S/C23H28N2O4S/c26-20(24-12-6-2-1-3-7-12)17-13-8-4-5-9-16(13)30-23(17)25-21(27)18-14-10-11-15(29-14)19(18)22(25)28/h12,14-15,18-19H,1-11H2,(H,24,26)/t14-,15-,18-,19+/m0/s1. The maximum atomic E-state index is 13.4. The van der Waals surface area contributed by atoms with E-state index in [1.807, 2.05) is 0 Å². The van der Waals surface area contributed by atoms with Crippen molar-refractivity contribution in [1.29, 1.82) is 0 Å². The van der Waals surface area contributed by atoms with E-state index in [1.165, 1.54) is 27.5 Å². The van der Waals surface area contributed by atoms with Gasteiger partial charge in [-0.15, -0.1) is 11.3 Å². The molecular weight excluding hydrogens is 400 g/mol. The van der Waals surface area contributed by atoms with Gasteiger partial charge in [0, 0.05) is 10.9 Å². The number of nitrogens with zero attached hydrogens (tertiary/aromatic N) is 1. The van der Waals surface area contributed by atoms with Gasteiger partial charge >= 0.3 is 0 Å². The number of carbonyl (C=O) groups excluding carboxylic acids is 3. The molecule has 4 fully saturated rings. The smallest absolute Gasteiger partial charge is 0.254 e. The number of rotatable bonds is 3. The Hall–Kier alpha value is -1.73. The van der Waals surface area contributed by atoms with Gasteiger partial charge in [0.25, 0.3) is 5.91 Å². The molecule has 0 radical (unpaired) electrons. The van der Waals surface area contributed by atoms with Crippen LogP contribution in [0.4, 0.5) is 5.00 Å². The number of hydrogen-bond donors (Lipinski definition) is 1. The van der Waals surface area contributed by atoms with E-state index in [2.05, 4.69) is 5.32 Å². The molecule has 4 heterocycles. The summed E-state index contributed by atoms with van der Waals surface area (Å²) in [6, 6.07) is 0.201. The molecule has 5 aliphatic rings. The number of nitrogens with one attached hydrogen (secondary N) is 1. The summed E-state index contributed by atoms with van der Waals surface area (Å²) >= 11 is 1.50. The van der Waals surface area contributed by atoms with Gasteiger partial charge in [0.05, 0.1) is 29.6 Å². The van der Waals surface area contributed by atoms with E-state index >= 15 is 0 Å². The number of imide groups is 1. The highest BCUT2D eigenvalue weighted by Crippen LogP contribution is 2.51. The Labute approximate surface area is 180 Å². The van der Waals surface area contributed by atoms with Gasteiger partial charge in [0.15, 0.2) is 0 Å². The third-order valence-electron chi connectivity index (χ3n) is 7.81. The lowest BCUT2D eigenvalue weighted by molar-refractivity contribution is -0.124. The minimum absolute atomic E-state index is 0.0896. The molecule has 3 amide bonds. The van der Waals surface area contributed by atoms with E-state index in [0.717, 1.165) is 69.8 Å². The molecule has 1 aromatic rings. The fourth-order valence-electron chi connectivity index (χ4n) is 6.36. The predicted molar refractivity (Wildman–Crippen MR) is 113 cm³/mol. The molecule has 2 bridgehead atoms. The third kappa shape index (κ3) is 2.74. The maximum absolute atomic E-state index is 13.4. The van der Waals surface area contributed by atoms with Crippen LogP contribution in [0.3, 0.4) is 0 Å². The molecule has 4 atom stereocenters. The Bertz CT molecular complexity index is 891. The average molecular weight is 429 g/mol. The normalized spacial score (nSPS) is 33.1. The monoisotopic (exact) mass is 428 g/mol. The minimum atomic E-state index is -0.357. The number of carbonyl (C=O) groups is 3. The first-order valence-electron chi connectivity index (χ1n) is 11.6. The van der Waals surface area contributed by atoms with Crippen molar-refractivity contribution in [3.63, 3.8) is 0 Å². The van der Waals surface area contributed by atoms with Gasteiger partial charge in [-0.3, -0.25) is 14.4 Å². The Kier molecular flexibility index (Phi) is 4.53. The summed E-state index contributed by atoms with van der Waals surface area (Å²) in [6.45, 7) is 0. The first-order chi connectivity index (χ1) is 14.6. The third-order valence-corrected chi connectivity index (χ3v) is 9.08. The molecule has 30 heavy (non-hydrogen) atoms. The first-order valence-corrected chi connectivity index (χ1v) is 12.4. The van der Waals surface area contributed by atoms with Gasteiger partial charge in [-0.25, -0.2) is 4.90 Å². The summed E-state index contributed by atoms with van der Waals surface area (Å²) in [5.74, 6) is -1.10. The van der Waals surface area contributed by atoms with Crippen molar-refractivity contribution in [1.82, 2.24) is 5.32 Å². The molecule has 0 spiro atoms. The Morgan fingerprint density at radius 3 is 2.27 bits per heavy atom. The highest BCUT2D eigenvalue weighted by atomic mass is 32.1. The molecule has 6 nitrogen and oxygen atoms in total. The molecule has 7 heteroatoms. The Morgan fingerprint density at radius 2 is 1.57 bits per heavy atom. The molecule has 1 aromatic heterocycles. The van der Waals surface area contributed by atoms with E-state index in [1.54, 1.807) is 0 Å². The number of anilines is 1. The van der Waals surface area contributed by atoms with Gasteiger partial charge in [-0.05, 0) is 56.9 Å². The molecule has 3 saturated heterocycles. The summed E-state index contributed by atoms with van der Waals surface area (Å²) in [4.78, 5) is 42.7. The maximum Gasteiger partial charge on any atom is 0.254 e. The van der Waals surface area contributed by atoms with Crippen LogP contribution in [0.2, 0.25) is 0 Å². The van der Waals surface area contributed by atoms with Crippen LogP contribution in [-0.4, -0.2) is 36.0 Å². The lowest BCUT2D eigenvalue weighted by atomic mass is 9.81. The van der Waals surface area contributed by atoms with Crippen LogP contribution in [0.25, 0.3) is 0 Å². The van der Waals surface area contributed by atoms with Crippen molar-refractivity contribution in [2.24, 2.45) is 11.8 Å². The quantitative estimate of drug-likeness (QED) is 0.749. The van der Waals surface area contributed by atoms with Crippen LogP contribution in [0.15, 0.2) is 0 Å². The second kappa shape index (κ2) is 7.16. The van der Waals surface area contributed by atoms with Crippen LogP contribution in [0.5, 0.6) is 0 Å². The average Bonchev–Trinajstić information content (AvgIpc) is 3.50. The van der Waals surface area contributed by atoms with E-state index in [0.29, 0.717) is 10.6 Å². The number of thiophene rings is 1. The molecule has 3 aliphatic heterocycles. The molecule has 0 unspecified atom stereocenters. The number of amides is 3. The highest BCUT2D eigenvalue weighted by molar-refractivity contribution is 7.17. The fourth-order valence-corrected chi connectivity index (χ4v) is 7.76. The summed E-state index contributed by atoms with van der Waals surface area (Å²) < 4.78 is 5.88. The van der Waals surface area contributed by atoms with E-state index in [9.17, 15) is 14.4 Å². The summed E-state index contributed by atoms with van der Waals surface area (Å²) in [6.07, 6.45) is 10.9. The number of hydrogen-bond acceptors (Lipinski definition) is 5. The Morgan fingerprint density at radius 1 is 0.900 bits per heavy atom. The lowest BCUT2D eigenvalue weighted by Crippen LogP contribution is -2.39. The van der Waals surface area contributed by atoms with Gasteiger partial charge in [-0.1, -0.05) is 19.3 Å². The Balaban J connectivity index is 1.37. The van der Waals surface area contributed by atoms with Crippen molar-refractivity contribution in [2.45, 2.75) is 88.9 Å². The second-order valence-electron chi connectivity index (χ2n) is 9.55. The highest BCUT2D eigenvalue weighted by Gasteiger charge is 2.63. The van der Waals surface area contributed by atoms with Crippen LogP contribution in [0.1, 0.15) is 78.6 Å². The van der Waals surface area contributed by atoms with Gasteiger partial charge in [-0.2, -0.15) is 0 Å². The summed E-state index contributed by atoms with van der Waals surface area (Å²) in [5.41, 5.74) is 1.68. The van der Waals surface area contributed by atoms with Crippen molar-refractivity contribution in [3.05, 3.63) is 16.0 Å². The number of aryl methyl sites for hydroxylation is 1. The van der Waals surface area contributed by atoms with Gasteiger partial charge < -0.3 is 10.1 Å². The van der Waals surface area contributed by atoms with Crippen molar-refractivity contribution >= 4 is 34.1 Å². The second-order valence-corrected chi connectivity index (χ2v) is 10.6. The zero-order chi connectivity index (χ0) is 20.4. The number of ether oxygens (including phenoxy) is 1. The molecule has 6 rings (SSSR count). The zero-order valence-corrected chi connectivity index (χ0v) is 18.0. The first kappa shape index (κ1) is 19.0.